The number of aliphatic hydroxyl groups is 1. The SMILES string of the molecule is C=N/C(=C\N(N)Cc1ccc2c(C(C)C)c(C#N)cn2c1)C(O)(CC)C(F)(F)F. The number of fused-ring (bicyclic) bond motifs is 1. The largest absolute Gasteiger partial charge is 0.423 e. The number of hydrogen-bond acceptors (Lipinski definition) is 5. The van der Waals surface area contributed by atoms with Gasteiger partial charge in [-0.05, 0) is 36.2 Å². The summed E-state index contributed by atoms with van der Waals surface area (Å²) < 4.78 is 41.6. The zero-order chi connectivity index (χ0) is 22.0. The van der Waals surface area contributed by atoms with Crippen LogP contribution in [0.25, 0.3) is 5.52 Å². The van der Waals surface area contributed by atoms with Gasteiger partial charge in [0.2, 0.25) is 5.60 Å². The average molecular weight is 407 g/mol. The van der Waals surface area contributed by atoms with Crippen LogP contribution < -0.4 is 5.84 Å². The molecule has 9 heteroatoms. The van der Waals surface area contributed by atoms with Gasteiger partial charge in [0.25, 0.3) is 0 Å². The van der Waals surface area contributed by atoms with E-state index < -0.39 is 23.9 Å². The minimum absolute atomic E-state index is 0.0592. The Morgan fingerprint density at radius 3 is 2.55 bits per heavy atom. The van der Waals surface area contributed by atoms with Crippen molar-refractivity contribution >= 4 is 12.2 Å². The van der Waals surface area contributed by atoms with Crippen molar-refractivity contribution in [2.24, 2.45) is 10.8 Å². The van der Waals surface area contributed by atoms with E-state index in [4.69, 9.17) is 5.84 Å². The van der Waals surface area contributed by atoms with Gasteiger partial charge in [-0.25, -0.2) is 5.84 Å². The smallest absolute Gasteiger partial charge is 0.375 e. The van der Waals surface area contributed by atoms with Crippen LogP contribution in [0.1, 0.15) is 49.8 Å². The Morgan fingerprint density at radius 2 is 2.07 bits per heavy atom. The molecule has 1 atom stereocenters. The van der Waals surface area contributed by atoms with Crippen molar-refractivity contribution in [2.45, 2.75) is 51.4 Å². The molecule has 2 aromatic rings. The van der Waals surface area contributed by atoms with Gasteiger partial charge in [0.1, 0.15) is 6.07 Å². The van der Waals surface area contributed by atoms with Crippen LogP contribution in [-0.4, -0.2) is 33.0 Å². The van der Waals surface area contributed by atoms with E-state index in [2.05, 4.69) is 17.8 Å². The minimum Gasteiger partial charge on any atom is -0.375 e. The lowest BCUT2D eigenvalue weighted by atomic mass is 9.96. The number of aliphatic imine (C=N–C) groups is 1. The van der Waals surface area contributed by atoms with Crippen LogP contribution in [0.15, 0.2) is 41.4 Å². The highest BCUT2D eigenvalue weighted by atomic mass is 19.4. The molecule has 0 saturated carbocycles. The van der Waals surface area contributed by atoms with Gasteiger partial charge in [-0.15, -0.1) is 0 Å². The number of alkyl halides is 3. The molecule has 6 nitrogen and oxygen atoms in total. The normalized spacial score (nSPS) is 14.7. The number of hydrazine groups is 1. The van der Waals surface area contributed by atoms with Gasteiger partial charge in [-0.3, -0.25) is 4.99 Å². The second-order valence-electron chi connectivity index (χ2n) is 7.11. The molecule has 29 heavy (non-hydrogen) atoms. The lowest BCUT2D eigenvalue weighted by Crippen LogP contribution is -2.46. The Hall–Kier alpha value is -2.83. The molecule has 0 fully saturated rings. The summed E-state index contributed by atoms with van der Waals surface area (Å²) in [5.41, 5.74) is -0.736. The number of nitriles is 1. The zero-order valence-electron chi connectivity index (χ0n) is 16.5. The minimum atomic E-state index is -4.92. The number of halogens is 3. The van der Waals surface area contributed by atoms with Gasteiger partial charge < -0.3 is 14.5 Å². The summed E-state index contributed by atoms with van der Waals surface area (Å²) in [5, 5.41) is 20.4. The third-order valence-electron chi connectivity index (χ3n) is 4.80. The molecule has 0 aliphatic carbocycles. The van der Waals surface area contributed by atoms with Crippen LogP contribution in [0.3, 0.4) is 0 Å². The van der Waals surface area contributed by atoms with E-state index in [0.717, 1.165) is 22.3 Å². The molecule has 0 bridgehead atoms. The number of nitrogens with two attached hydrogens (primary N) is 1. The maximum atomic E-state index is 13.3. The fourth-order valence-corrected chi connectivity index (χ4v) is 3.25. The molecule has 0 aliphatic heterocycles. The summed E-state index contributed by atoms with van der Waals surface area (Å²) in [7, 11) is 0. The predicted molar refractivity (Wildman–Crippen MR) is 105 cm³/mol. The first-order valence-corrected chi connectivity index (χ1v) is 9.01. The molecule has 0 spiro atoms. The van der Waals surface area contributed by atoms with Crippen LogP contribution in [0.2, 0.25) is 0 Å². The summed E-state index contributed by atoms with van der Waals surface area (Å²) in [6, 6.07) is 5.80. The number of aromatic nitrogens is 1. The van der Waals surface area contributed by atoms with Crippen molar-refractivity contribution in [3.8, 4) is 6.07 Å². The lowest BCUT2D eigenvalue weighted by molar-refractivity contribution is -0.245. The first-order valence-electron chi connectivity index (χ1n) is 9.01. The maximum Gasteiger partial charge on any atom is 0.423 e. The Labute approximate surface area is 167 Å². The molecule has 1 unspecified atom stereocenters. The second kappa shape index (κ2) is 8.27. The van der Waals surface area contributed by atoms with Crippen LogP contribution in [0, 0.1) is 11.3 Å². The van der Waals surface area contributed by atoms with E-state index in [1.165, 1.54) is 6.92 Å². The fourth-order valence-electron chi connectivity index (χ4n) is 3.25. The highest BCUT2D eigenvalue weighted by Crippen LogP contribution is 2.39. The molecule has 2 heterocycles. The topological polar surface area (TPSA) is 90.0 Å². The van der Waals surface area contributed by atoms with E-state index in [0.29, 0.717) is 11.1 Å². The molecular weight excluding hydrogens is 383 g/mol. The van der Waals surface area contributed by atoms with Crippen LogP contribution >= 0.6 is 0 Å². The zero-order valence-corrected chi connectivity index (χ0v) is 16.5. The third-order valence-corrected chi connectivity index (χ3v) is 4.80. The Morgan fingerprint density at radius 1 is 1.41 bits per heavy atom. The molecule has 3 N–H and O–H groups in total. The fraction of sp³-hybridized carbons (Fsp3) is 0.400. The maximum absolute atomic E-state index is 13.3. The second-order valence-corrected chi connectivity index (χ2v) is 7.11. The third kappa shape index (κ3) is 4.28. The summed E-state index contributed by atoms with van der Waals surface area (Å²) in [4.78, 5) is 3.35. The van der Waals surface area contributed by atoms with Crippen LogP contribution in [0.5, 0.6) is 0 Å². The van der Waals surface area contributed by atoms with Crippen molar-refractivity contribution in [1.82, 2.24) is 9.41 Å². The molecule has 156 valence electrons. The Bertz CT molecular complexity index is 971. The molecule has 0 saturated heterocycles. The summed E-state index contributed by atoms with van der Waals surface area (Å²) >= 11 is 0. The molecule has 2 aromatic heterocycles. The number of rotatable bonds is 7. The van der Waals surface area contributed by atoms with E-state index in [1.54, 1.807) is 22.9 Å². The van der Waals surface area contributed by atoms with Gasteiger partial charge in [-0.1, -0.05) is 26.8 Å². The van der Waals surface area contributed by atoms with Gasteiger partial charge in [0, 0.05) is 24.1 Å². The number of hydrogen-bond donors (Lipinski definition) is 2. The molecule has 0 amide bonds. The molecule has 0 aliphatic rings. The Balaban J connectivity index is 2.36. The van der Waals surface area contributed by atoms with Crippen molar-refractivity contribution in [1.29, 1.82) is 5.26 Å². The van der Waals surface area contributed by atoms with Crippen LogP contribution in [-0.2, 0) is 6.54 Å². The number of nitrogens with zero attached hydrogens (tertiary/aromatic N) is 4. The average Bonchev–Trinajstić information content (AvgIpc) is 3.02. The van der Waals surface area contributed by atoms with Crippen molar-refractivity contribution in [3.05, 3.63) is 53.1 Å². The van der Waals surface area contributed by atoms with E-state index in [9.17, 15) is 23.5 Å². The van der Waals surface area contributed by atoms with Crippen LogP contribution in [0.4, 0.5) is 13.2 Å². The molecule has 0 aromatic carbocycles. The first-order chi connectivity index (χ1) is 13.5. The highest BCUT2D eigenvalue weighted by Gasteiger charge is 2.55. The predicted octanol–water partition coefficient (Wildman–Crippen LogP) is 3.86. The van der Waals surface area contributed by atoms with Crippen molar-refractivity contribution < 1.29 is 18.3 Å². The van der Waals surface area contributed by atoms with Crippen molar-refractivity contribution in [2.75, 3.05) is 0 Å². The quantitative estimate of drug-likeness (QED) is 0.414. The Kier molecular flexibility index (Phi) is 6.40. The van der Waals surface area contributed by atoms with E-state index in [1.807, 2.05) is 19.9 Å². The van der Waals surface area contributed by atoms with E-state index >= 15 is 0 Å². The van der Waals surface area contributed by atoms with Gasteiger partial charge in [0.15, 0.2) is 0 Å². The summed E-state index contributed by atoms with van der Waals surface area (Å²) in [5.74, 6) is 6.02. The lowest BCUT2D eigenvalue weighted by Gasteiger charge is -2.30. The van der Waals surface area contributed by atoms with Gasteiger partial charge >= 0.3 is 6.18 Å². The van der Waals surface area contributed by atoms with Gasteiger partial charge in [-0.2, -0.15) is 18.4 Å². The standard InChI is InChI=1S/C20H24F3N5O/c1-5-19(29,20(21,22)23)17(26-4)12-28(25)10-14-6-7-16-18(13(2)3)15(8-24)11-27(16)9-14/h6-7,9,11-13,29H,4-5,10,25H2,1-3H3/b17-12-. The summed E-state index contributed by atoms with van der Waals surface area (Å²) in [6.45, 7) is 8.38. The molecule has 0 radical (unpaired) electrons. The molecular formula is C20H24F3N5O. The first kappa shape index (κ1) is 22.5. The van der Waals surface area contributed by atoms with Crippen molar-refractivity contribution in [3.63, 3.8) is 0 Å². The summed E-state index contributed by atoms with van der Waals surface area (Å²) in [6.07, 6.45) is -1.14. The number of pyridine rings is 1. The highest BCUT2D eigenvalue weighted by molar-refractivity contribution is 5.64. The van der Waals surface area contributed by atoms with Gasteiger partial charge in [0.05, 0.1) is 17.8 Å². The monoisotopic (exact) mass is 407 g/mol. The molecule has 2 rings (SSSR count). The van der Waals surface area contributed by atoms with E-state index in [-0.39, 0.29) is 12.5 Å².